The number of carbonyl (C=O) groups excluding carboxylic acids is 1. The largest absolute Gasteiger partial charge is 0.419 e. The highest BCUT2D eigenvalue weighted by molar-refractivity contribution is 5.77. The highest BCUT2D eigenvalue weighted by Crippen LogP contribution is 2.18. The molecular weight excluding hydrogens is 330 g/mol. The van der Waals surface area contributed by atoms with E-state index in [2.05, 4.69) is 5.32 Å². The van der Waals surface area contributed by atoms with Crippen LogP contribution >= 0.6 is 0 Å². The third kappa shape index (κ3) is 3.60. The van der Waals surface area contributed by atoms with E-state index in [0.717, 1.165) is 18.2 Å². The summed E-state index contributed by atoms with van der Waals surface area (Å²) in [4.78, 5) is 23.9. The number of nitrogens with one attached hydrogen (secondary N) is 1. The summed E-state index contributed by atoms with van der Waals surface area (Å²) in [5, 5.41) is 2.60. The van der Waals surface area contributed by atoms with Gasteiger partial charge in [0.1, 0.15) is 11.6 Å². The Bertz CT molecular complexity index is 978. The lowest BCUT2D eigenvalue weighted by Crippen LogP contribution is -2.29. The molecule has 3 rings (SSSR count). The van der Waals surface area contributed by atoms with E-state index < -0.39 is 23.4 Å². The lowest BCUT2D eigenvalue weighted by atomic mass is 10.1. The van der Waals surface area contributed by atoms with Gasteiger partial charge < -0.3 is 9.73 Å². The Labute approximate surface area is 141 Å². The number of oxazole rings is 1. The molecule has 25 heavy (non-hydrogen) atoms. The van der Waals surface area contributed by atoms with Gasteiger partial charge in [-0.25, -0.2) is 13.6 Å². The first kappa shape index (κ1) is 16.9. The third-order valence-electron chi connectivity index (χ3n) is 3.94. The number of amides is 1. The summed E-state index contributed by atoms with van der Waals surface area (Å²) in [6.07, 6.45) is 0.00467. The van der Waals surface area contributed by atoms with E-state index in [4.69, 9.17) is 4.42 Å². The molecule has 0 aliphatic rings. The van der Waals surface area contributed by atoms with Crippen LogP contribution in [0, 0.1) is 11.6 Å². The van der Waals surface area contributed by atoms with E-state index in [9.17, 15) is 18.4 Å². The molecule has 0 fully saturated rings. The van der Waals surface area contributed by atoms with Crippen molar-refractivity contribution < 1.29 is 18.0 Å². The van der Waals surface area contributed by atoms with Gasteiger partial charge in [0.05, 0.1) is 11.6 Å². The van der Waals surface area contributed by atoms with E-state index in [1.165, 1.54) is 4.57 Å². The van der Waals surface area contributed by atoms with E-state index >= 15 is 0 Å². The molecule has 0 aliphatic carbocycles. The predicted octanol–water partition coefficient (Wildman–Crippen LogP) is 3.14. The first-order valence-corrected chi connectivity index (χ1v) is 7.78. The molecule has 1 atom stereocenters. The van der Waals surface area contributed by atoms with Crippen molar-refractivity contribution in [2.45, 2.75) is 25.9 Å². The van der Waals surface area contributed by atoms with Crippen LogP contribution in [0.4, 0.5) is 8.78 Å². The van der Waals surface area contributed by atoms with Crippen molar-refractivity contribution in [3.05, 3.63) is 70.2 Å². The van der Waals surface area contributed by atoms with Crippen LogP contribution in [0.3, 0.4) is 0 Å². The SMILES string of the molecule is CC(NC(=O)CCn1c(=O)oc2ccccc21)c1cc(F)ccc1F. The van der Waals surface area contributed by atoms with Gasteiger partial charge in [0, 0.05) is 18.5 Å². The maximum absolute atomic E-state index is 13.7. The molecule has 130 valence electrons. The molecule has 1 amide bonds. The molecule has 1 unspecified atom stereocenters. The highest BCUT2D eigenvalue weighted by Gasteiger charge is 2.16. The van der Waals surface area contributed by atoms with Crippen LogP contribution in [0.2, 0.25) is 0 Å². The zero-order chi connectivity index (χ0) is 18.0. The van der Waals surface area contributed by atoms with Gasteiger partial charge in [-0.2, -0.15) is 0 Å². The number of fused-ring (bicyclic) bond motifs is 1. The van der Waals surface area contributed by atoms with Gasteiger partial charge >= 0.3 is 5.76 Å². The summed E-state index contributed by atoms with van der Waals surface area (Å²) in [6.45, 7) is 1.69. The third-order valence-corrected chi connectivity index (χ3v) is 3.94. The van der Waals surface area contributed by atoms with E-state index in [1.807, 2.05) is 0 Å². The Morgan fingerprint density at radius 2 is 2.00 bits per heavy atom. The van der Waals surface area contributed by atoms with E-state index in [-0.39, 0.29) is 24.4 Å². The van der Waals surface area contributed by atoms with Crippen molar-refractivity contribution in [1.29, 1.82) is 0 Å². The molecule has 1 heterocycles. The molecule has 0 radical (unpaired) electrons. The van der Waals surface area contributed by atoms with E-state index in [1.54, 1.807) is 31.2 Å². The first-order chi connectivity index (χ1) is 12.0. The van der Waals surface area contributed by atoms with Crippen molar-refractivity contribution in [3.8, 4) is 0 Å². The minimum Gasteiger partial charge on any atom is -0.408 e. The summed E-state index contributed by atoms with van der Waals surface area (Å²) < 4.78 is 33.4. The fourth-order valence-electron chi connectivity index (χ4n) is 2.68. The number of halogens is 2. The van der Waals surface area contributed by atoms with Gasteiger partial charge in [-0.05, 0) is 37.3 Å². The van der Waals surface area contributed by atoms with Gasteiger partial charge in [0.2, 0.25) is 5.91 Å². The normalized spacial score (nSPS) is 12.3. The van der Waals surface area contributed by atoms with Crippen LogP contribution < -0.4 is 11.1 Å². The summed E-state index contributed by atoms with van der Waals surface area (Å²) in [5.74, 6) is -2.09. The Morgan fingerprint density at radius 1 is 1.24 bits per heavy atom. The van der Waals surface area contributed by atoms with Crippen molar-refractivity contribution >= 4 is 17.0 Å². The number of benzene rings is 2. The summed E-state index contributed by atoms with van der Waals surface area (Å²) in [5.41, 5.74) is 1.12. The van der Waals surface area contributed by atoms with Crippen LogP contribution in [0.5, 0.6) is 0 Å². The average Bonchev–Trinajstić information content (AvgIpc) is 2.90. The molecule has 0 saturated heterocycles. The van der Waals surface area contributed by atoms with Crippen LogP contribution in [0.25, 0.3) is 11.1 Å². The molecule has 0 bridgehead atoms. The number of carbonyl (C=O) groups is 1. The Hall–Kier alpha value is -2.96. The molecule has 1 N–H and O–H groups in total. The van der Waals surface area contributed by atoms with Crippen molar-refractivity contribution in [3.63, 3.8) is 0 Å². The molecule has 3 aromatic rings. The van der Waals surface area contributed by atoms with Gasteiger partial charge in [0.25, 0.3) is 0 Å². The molecule has 0 saturated carbocycles. The van der Waals surface area contributed by atoms with Crippen LogP contribution in [0.1, 0.15) is 24.9 Å². The lowest BCUT2D eigenvalue weighted by molar-refractivity contribution is -0.121. The van der Waals surface area contributed by atoms with Crippen molar-refractivity contribution in [1.82, 2.24) is 9.88 Å². The van der Waals surface area contributed by atoms with Gasteiger partial charge in [-0.15, -0.1) is 0 Å². The molecule has 7 heteroatoms. The molecule has 0 aliphatic heterocycles. The summed E-state index contributed by atoms with van der Waals surface area (Å²) in [6, 6.07) is 9.30. The van der Waals surface area contributed by atoms with Gasteiger partial charge in [-0.1, -0.05) is 12.1 Å². The Balaban J connectivity index is 1.67. The number of hydrogen-bond acceptors (Lipinski definition) is 3. The maximum atomic E-state index is 13.7. The fraction of sp³-hybridized carbons (Fsp3) is 0.222. The molecular formula is C18H16F2N2O3. The quantitative estimate of drug-likeness (QED) is 0.772. The van der Waals surface area contributed by atoms with Crippen LogP contribution in [0.15, 0.2) is 51.7 Å². The zero-order valence-electron chi connectivity index (χ0n) is 13.5. The fourth-order valence-corrected chi connectivity index (χ4v) is 2.68. The standard InChI is InChI=1S/C18H16F2N2O3/c1-11(13-10-12(19)6-7-14(13)20)21-17(23)8-9-22-15-4-2-3-5-16(15)25-18(22)24/h2-7,10-11H,8-9H2,1H3,(H,21,23). The van der Waals surface area contributed by atoms with E-state index in [0.29, 0.717) is 11.1 Å². The highest BCUT2D eigenvalue weighted by atomic mass is 19.1. The Kier molecular flexibility index (Phi) is 4.65. The molecule has 2 aromatic carbocycles. The smallest absolute Gasteiger partial charge is 0.408 e. The monoisotopic (exact) mass is 346 g/mol. The minimum absolute atomic E-state index is 0.00467. The molecule has 5 nitrogen and oxygen atoms in total. The van der Waals surface area contributed by atoms with Crippen LogP contribution in [-0.4, -0.2) is 10.5 Å². The van der Waals surface area contributed by atoms with Crippen molar-refractivity contribution in [2.75, 3.05) is 0 Å². The second-order valence-corrected chi connectivity index (χ2v) is 5.69. The number of hydrogen-bond donors (Lipinski definition) is 1. The topological polar surface area (TPSA) is 64.2 Å². The number of nitrogens with zero attached hydrogens (tertiary/aromatic N) is 1. The lowest BCUT2D eigenvalue weighted by Gasteiger charge is -2.15. The minimum atomic E-state index is -0.694. The Morgan fingerprint density at radius 3 is 2.80 bits per heavy atom. The number of aromatic nitrogens is 1. The maximum Gasteiger partial charge on any atom is 0.419 e. The number of rotatable bonds is 5. The molecule has 1 aromatic heterocycles. The zero-order valence-corrected chi connectivity index (χ0v) is 13.5. The van der Waals surface area contributed by atoms with Crippen LogP contribution in [-0.2, 0) is 11.3 Å². The first-order valence-electron chi connectivity index (χ1n) is 7.78. The molecule has 0 spiro atoms. The predicted molar refractivity (Wildman–Crippen MR) is 88.0 cm³/mol. The van der Waals surface area contributed by atoms with Gasteiger partial charge in [0.15, 0.2) is 5.58 Å². The summed E-state index contributed by atoms with van der Waals surface area (Å²) >= 11 is 0. The second-order valence-electron chi connectivity index (χ2n) is 5.69. The van der Waals surface area contributed by atoms with Gasteiger partial charge in [-0.3, -0.25) is 9.36 Å². The number of aryl methyl sites for hydroxylation is 1. The number of para-hydroxylation sites is 2. The second kappa shape index (κ2) is 6.88. The summed E-state index contributed by atoms with van der Waals surface area (Å²) in [7, 11) is 0. The van der Waals surface area contributed by atoms with Crippen molar-refractivity contribution in [2.24, 2.45) is 0 Å². The average molecular weight is 346 g/mol.